The minimum absolute atomic E-state index is 0.279. The van der Waals surface area contributed by atoms with Gasteiger partial charge in [0, 0.05) is 24.2 Å². The lowest BCUT2D eigenvalue weighted by Gasteiger charge is -2.40. The van der Waals surface area contributed by atoms with Crippen LogP contribution in [0.25, 0.3) is 0 Å². The molecule has 1 aliphatic heterocycles. The Kier molecular flexibility index (Phi) is 7.56. The second-order valence-electron chi connectivity index (χ2n) is 7.33. The Balaban J connectivity index is 1.69. The van der Waals surface area contributed by atoms with Crippen molar-refractivity contribution >= 4 is 23.5 Å². The molecule has 2 nitrogen and oxygen atoms in total. The highest BCUT2D eigenvalue weighted by atomic mass is 32.2. The van der Waals surface area contributed by atoms with Crippen molar-refractivity contribution in [2.24, 2.45) is 0 Å². The van der Waals surface area contributed by atoms with Crippen molar-refractivity contribution in [3.8, 4) is 0 Å². The zero-order chi connectivity index (χ0) is 18.2. The summed E-state index contributed by atoms with van der Waals surface area (Å²) in [6.45, 7) is 5.60. The number of aryl methyl sites for hydroxylation is 2. The van der Waals surface area contributed by atoms with E-state index >= 15 is 0 Å². The Bertz CT molecular complexity index is 639. The van der Waals surface area contributed by atoms with Crippen LogP contribution in [0, 0.1) is 0 Å². The van der Waals surface area contributed by atoms with Gasteiger partial charge in [-0.05, 0) is 49.0 Å². The van der Waals surface area contributed by atoms with Crippen LogP contribution in [0.15, 0.2) is 43.0 Å². The van der Waals surface area contributed by atoms with E-state index in [4.69, 9.17) is 0 Å². The van der Waals surface area contributed by atoms with Crippen LogP contribution in [0.3, 0.4) is 0 Å². The van der Waals surface area contributed by atoms with Crippen molar-refractivity contribution in [3.63, 3.8) is 0 Å². The molecule has 0 bridgehead atoms. The van der Waals surface area contributed by atoms with Crippen molar-refractivity contribution in [2.45, 2.75) is 74.7 Å². The van der Waals surface area contributed by atoms with Crippen molar-refractivity contribution in [2.75, 3.05) is 5.75 Å². The standard InChI is InChI=1S/C22H32N2S2/c1-3-5-6-21-12-16-25-22(26-21,17-24-15-14-23-18-24)13-11-20-9-7-19(4-2)8-10-20/h7-10,14-15,18,21H,3-6,11-13,16-17H2,1-2H3. The zero-order valence-electron chi connectivity index (χ0n) is 16.2. The van der Waals surface area contributed by atoms with Crippen molar-refractivity contribution < 1.29 is 0 Å². The minimum Gasteiger partial charge on any atom is -0.335 e. The summed E-state index contributed by atoms with van der Waals surface area (Å²) in [7, 11) is 0. The number of thioether (sulfide) groups is 2. The van der Waals surface area contributed by atoms with Gasteiger partial charge < -0.3 is 4.57 Å². The van der Waals surface area contributed by atoms with E-state index in [0.29, 0.717) is 0 Å². The summed E-state index contributed by atoms with van der Waals surface area (Å²) < 4.78 is 2.56. The molecular weight excluding hydrogens is 356 g/mol. The van der Waals surface area contributed by atoms with Crippen LogP contribution in [0.4, 0.5) is 0 Å². The van der Waals surface area contributed by atoms with E-state index in [0.717, 1.165) is 18.2 Å². The summed E-state index contributed by atoms with van der Waals surface area (Å²) >= 11 is 4.45. The number of imidazole rings is 1. The SMILES string of the molecule is CCCCC1CCSC(CCc2ccc(CC)cc2)(Cn2ccnc2)S1. The molecule has 0 radical (unpaired) electrons. The predicted octanol–water partition coefficient (Wildman–Crippen LogP) is 6.20. The maximum absolute atomic E-state index is 4.27. The highest BCUT2D eigenvalue weighted by Gasteiger charge is 2.37. The molecule has 2 aromatic rings. The Morgan fingerprint density at radius 1 is 1.19 bits per heavy atom. The third kappa shape index (κ3) is 5.56. The molecule has 4 heteroatoms. The second kappa shape index (κ2) is 9.89. The van der Waals surface area contributed by atoms with E-state index in [1.165, 1.54) is 55.4 Å². The quantitative estimate of drug-likeness (QED) is 0.509. The third-order valence-corrected chi connectivity index (χ3v) is 8.78. The van der Waals surface area contributed by atoms with Gasteiger partial charge in [0.1, 0.15) is 0 Å². The molecule has 142 valence electrons. The molecule has 0 amide bonds. The van der Waals surface area contributed by atoms with Crippen LogP contribution < -0.4 is 0 Å². The number of unbranched alkanes of at least 4 members (excludes halogenated alkanes) is 1. The summed E-state index contributed by atoms with van der Waals surface area (Å²) in [6, 6.07) is 9.25. The normalized spacial score (nSPS) is 23.2. The van der Waals surface area contributed by atoms with E-state index in [-0.39, 0.29) is 4.08 Å². The first kappa shape index (κ1) is 19.9. The fourth-order valence-corrected chi connectivity index (χ4v) is 7.55. The molecule has 2 atom stereocenters. The first-order valence-corrected chi connectivity index (χ1v) is 11.9. The Morgan fingerprint density at radius 2 is 2.00 bits per heavy atom. The fourth-order valence-electron chi connectivity index (χ4n) is 3.64. The van der Waals surface area contributed by atoms with Gasteiger partial charge in [-0.25, -0.2) is 4.98 Å². The average molecular weight is 389 g/mol. The Morgan fingerprint density at radius 3 is 2.69 bits per heavy atom. The minimum atomic E-state index is 0.279. The summed E-state index contributed by atoms with van der Waals surface area (Å²) in [5, 5.41) is 0.821. The van der Waals surface area contributed by atoms with Crippen molar-refractivity contribution in [3.05, 3.63) is 54.1 Å². The van der Waals surface area contributed by atoms with E-state index in [1.807, 2.05) is 12.5 Å². The molecule has 1 aliphatic rings. The molecule has 1 saturated heterocycles. The van der Waals surface area contributed by atoms with Gasteiger partial charge in [0.25, 0.3) is 0 Å². The van der Waals surface area contributed by atoms with Crippen molar-refractivity contribution in [1.82, 2.24) is 9.55 Å². The maximum atomic E-state index is 4.27. The monoisotopic (exact) mass is 388 g/mol. The van der Waals surface area contributed by atoms with Crippen LogP contribution >= 0.6 is 23.5 Å². The van der Waals surface area contributed by atoms with Crippen LogP contribution in [0.5, 0.6) is 0 Å². The number of benzene rings is 1. The summed E-state index contributed by atoms with van der Waals surface area (Å²) in [6.07, 6.45) is 14.9. The van der Waals surface area contributed by atoms with E-state index in [9.17, 15) is 0 Å². The number of hydrogen-bond donors (Lipinski definition) is 0. The van der Waals surface area contributed by atoms with Gasteiger partial charge in [-0.3, -0.25) is 0 Å². The van der Waals surface area contributed by atoms with E-state index < -0.39 is 0 Å². The molecule has 0 spiro atoms. The van der Waals surface area contributed by atoms with E-state index in [2.05, 4.69) is 77.4 Å². The highest BCUT2D eigenvalue weighted by Crippen LogP contribution is 2.50. The van der Waals surface area contributed by atoms with Crippen molar-refractivity contribution in [1.29, 1.82) is 0 Å². The van der Waals surface area contributed by atoms with Gasteiger partial charge in [-0.15, -0.1) is 23.5 Å². The Labute approximate surface area is 167 Å². The lowest BCUT2D eigenvalue weighted by Crippen LogP contribution is -2.34. The summed E-state index contributed by atoms with van der Waals surface area (Å²) in [4.78, 5) is 4.27. The molecule has 26 heavy (non-hydrogen) atoms. The summed E-state index contributed by atoms with van der Waals surface area (Å²) in [5.41, 5.74) is 2.91. The van der Waals surface area contributed by atoms with Crippen LogP contribution in [0.1, 0.15) is 57.1 Å². The van der Waals surface area contributed by atoms with Gasteiger partial charge in [0.15, 0.2) is 0 Å². The van der Waals surface area contributed by atoms with Gasteiger partial charge >= 0.3 is 0 Å². The number of nitrogens with zero attached hydrogens (tertiary/aromatic N) is 2. The maximum Gasteiger partial charge on any atom is 0.0946 e. The lowest BCUT2D eigenvalue weighted by atomic mass is 10.0. The molecule has 2 unspecified atom stereocenters. The molecule has 2 heterocycles. The molecule has 3 rings (SSSR count). The van der Waals surface area contributed by atoms with Crippen LogP contribution in [-0.2, 0) is 19.4 Å². The lowest BCUT2D eigenvalue weighted by molar-refractivity contribution is 0.572. The first-order chi connectivity index (χ1) is 12.7. The molecule has 1 fully saturated rings. The topological polar surface area (TPSA) is 17.8 Å². The summed E-state index contributed by atoms with van der Waals surface area (Å²) in [5.74, 6) is 1.30. The molecule has 1 aromatic heterocycles. The largest absolute Gasteiger partial charge is 0.335 e. The highest BCUT2D eigenvalue weighted by molar-refractivity contribution is 8.19. The van der Waals surface area contributed by atoms with Gasteiger partial charge in [-0.1, -0.05) is 51.0 Å². The van der Waals surface area contributed by atoms with Gasteiger partial charge in [-0.2, -0.15) is 0 Å². The number of aromatic nitrogens is 2. The van der Waals surface area contributed by atoms with Crippen LogP contribution in [-0.4, -0.2) is 24.6 Å². The van der Waals surface area contributed by atoms with Crippen LogP contribution in [0.2, 0.25) is 0 Å². The predicted molar refractivity (Wildman–Crippen MR) is 117 cm³/mol. The Hall–Kier alpha value is -0.870. The molecule has 0 N–H and O–H groups in total. The van der Waals surface area contributed by atoms with Gasteiger partial charge in [0.05, 0.1) is 10.4 Å². The van der Waals surface area contributed by atoms with Gasteiger partial charge in [0.2, 0.25) is 0 Å². The van der Waals surface area contributed by atoms with E-state index in [1.54, 1.807) is 0 Å². The number of hydrogen-bond acceptors (Lipinski definition) is 3. The first-order valence-electron chi connectivity index (χ1n) is 10.1. The average Bonchev–Trinajstić information content (AvgIpc) is 3.18. The molecule has 1 aromatic carbocycles. The zero-order valence-corrected chi connectivity index (χ0v) is 17.8. The second-order valence-corrected chi connectivity index (χ2v) is 10.8. The molecule has 0 saturated carbocycles. The smallest absolute Gasteiger partial charge is 0.0946 e. The number of rotatable bonds is 9. The molecular formula is C22H32N2S2. The molecule has 0 aliphatic carbocycles. The third-order valence-electron chi connectivity index (χ3n) is 5.27. The fraction of sp³-hybridized carbons (Fsp3) is 0.591.